The molecule has 0 saturated carbocycles. The molecule has 1 heterocycles. The van der Waals surface area contributed by atoms with Crippen molar-refractivity contribution in [2.45, 2.75) is 39.5 Å². The molecule has 0 amide bonds. The molecule has 1 fully saturated rings. The Morgan fingerprint density at radius 1 is 1.25 bits per heavy atom. The van der Waals surface area contributed by atoms with Crippen LogP contribution in [0.4, 0.5) is 0 Å². The Kier molecular flexibility index (Phi) is 7.97. The molecule has 98 valence electrons. The van der Waals surface area contributed by atoms with E-state index in [2.05, 4.69) is 13.8 Å². The summed E-state index contributed by atoms with van der Waals surface area (Å²) in [5, 5.41) is 0. The summed E-state index contributed by atoms with van der Waals surface area (Å²) in [6.07, 6.45) is 6.32. The number of quaternary nitrogens is 1. The molecule has 0 aliphatic carbocycles. The van der Waals surface area contributed by atoms with Crippen LogP contribution in [-0.2, 0) is 10.1 Å². The van der Waals surface area contributed by atoms with Gasteiger partial charge in [0.05, 0.1) is 29.8 Å². The maximum atomic E-state index is 9.08. The zero-order valence-electron chi connectivity index (χ0n) is 10.7. The first-order chi connectivity index (χ1) is 7.36. The Labute approximate surface area is 99.8 Å². The fourth-order valence-corrected chi connectivity index (χ4v) is 2.10. The first-order valence-corrected chi connectivity index (χ1v) is 7.92. The van der Waals surface area contributed by atoms with E-state index in [1.54, 1.807) is 0 Å². The number of piperidine rings is 1. The van der Waals surface area contributed by atoms with Crippen molar-refractivity contribution in [2.75, 3.05) is 25.9 Å². The van der Waals surface area contributed by atoms with Gasteiger partial charge in [0.2, 0.25) is 0 Å². The minimum Gasteiger partial charge on any atom is -0.748 e. The lowest BCUT2D eigenvalue weighted by Gasteiger charge is -2.28. The minimum atomic E-state index is -3.92. The van der Waals surface area contributed by atoms with Gasteiger partial charge in [0, 0.05) is 6.26 Å². The van der Waals surface area contributed by atoms with Gasteiger partial charge in [-0.15, -0.1) is 0 Å². The van der Waals surface area contributed by atoms with Gasteiger partial charge in [-0.1, -0.05) is 20.3 Å². The van der Waals surface area contributed by atoms with Crippen molar-refractivity contribution in [1.82, 2.24) is 0 Å². The second-order valence-electron chi connectivity index (χ2n) is 4.56. The molecule has 0 radical (unpaired) electrons. The monoisotopic (exact) mass is 251 g/mol. The Morgan fingerprint density at radius 3 is 2.00 bits per heavy atom. The van der Waals surface area contributed by atoms with Gasteiger partial charge in [0.25, 0.3) is 0 Å². The van der Waals surface area contributed by atoms with E-state index in [0.29, 0.717) is 6.26 Å². The second kappa shape index (κ2) is 8.03. The fourth-order valence-electron chi connectivity index (χ4n) is 2.10. The predicted octanol–water partition coefficient (Wildman–Crippen LogP) is 0.263. The molecule has 0 spiro atoms. The van der Waals surface area contributed by atoms with Gasteiger partial charge in [-0.2, -0.15) is 0 Å². The molecule has 0 aromatic heterocycles. The summed E-state index contributed by atoms with van der Waals surface area (Å²) in [5.41, 5.74) is 0. The van der Waals surface area contributed by atoms with Gasteiger partial charge in [-0.3, -0.25) is 0 Å². The van der Waals surface area contributed by atoms with Gasteiger partial charge in [0.15, 0.2) is 0 Å². The summed E-state index contributed by atoms with van der Waals surface area (Å²) in [4.78, 5) is 1.84. The largest absolute Gasteiger partial charge is 0.748 e. The highest BCUT2D eigenvalue weighted by molar-refractivity contribution is 7.84. The summed E-state index contributed by atoms with van der Waals surface area (Å²) in [6, 6.07) is 0. The van der Waals surface area contributed by atoms with Crippen molar-refractivity contribution < 1.29 is 17.9 Å². The highest BCUT2D eigenvalue weighted by Crippen LogP contribution is 2.12. The maximum Gasteiger partial charge on any atom is 0.0916 e. The molecule has 0 aromatic carbocycles. The van der Waals surface area contributed by atoms with Crippen LogP contribution in [0, 0.1) is 5.92 Å². The highest BCUT2D eigenvalue weighted by Gasteiger charge is 2.19. The van der Waals surface area contributed by atoms with E-state index in [-0.39, 0.29) is 0 Å². The first-order valence-electron chi connectivity index (χ1n) is 6.11. The van der Waals surface area contributed by atoms with Crippen LogP contribution >= 0.6 is 0 Å². The van der Waals surface area contributed by atoms with E-state index < -0.39 is 10.1 Å². The third kappa shape index (κ3) is 10.4. The van der Waals surface area contributed by atoms with E-state index in [4.69, 9.17) is 13.0 Å². The molecule has 1 aliphatic rings. The number of rotatable bonds is 3. The summed E-state index contributed by atoms with van der Waals surface area (Å²) in [5.74, 6) is 1.05. The SMILES string of the molecule is CCC[NH+]1CCC(CC)CC1.CS(=O)(=O)[O-]. The van der Waals surface area contributed by atoms with Crippen molar-refractivity contribution in [3.05, 3.63) is 0 Å². The number of likely N-dealkylation sites (tertiary alicyclic amines) is 1. The third-order valence-corrected chi connectivity index (χ3v) is 2.99. The highest BCUT2D eigenvalue weighted by atomic mass is 32.2. The zero-order chi connectivity index (χ0) is 12.6. The van der Waals surface area contributed by atoms with E-state index >= 15 is 0 Å². The van der Waals surface area contributed by atoms with E-state index in [1.165, 1.54) is 45.3 Å². The van der Waals surface area contributed by atoms with Crippen molar-refractivity contribution in [3.8, 4) is 0 Å². The molecule has 0 unspecified atom stereocenters. The third-order valence-electron chi connectivity index (χ3n) is 2.99. The van der Waals surface area contributed by atoms with Crippen molar-refractivity contribution in [1.29, 1.82) is 0 Å². The maximum absolute atomic E-state index is 9.08. The van der Waals surface area contributed by atoms with E-state index in [9.17, 15) is 0 Å². The van der Waals surface area contributed by atoms with Crippen molar-refractivity contribution >= 4 is 10.1 Å². The van der Waals surface area contributed by atoms with Crippen molar-refractivity contribution in [3.63, 3.8) is 0 Å². The Hall–Kier alpha value is -0.130. The lowest BCUT2D eigenvalue weighted by Crippen LogP contribution is -3.13. The van der Waals surface area contributed by atoms with E-state index in [1.807, 2.05) is 4.90 Å². The molecule has 1 rings (SSSR count). The molecule has 1 aliphatic heterocycles. The molecule has 1 saturated heterocycles. The number of nitrogens with one attached hydrogen (secondary N) is 1. The first kappa shape index (κ1) is 15.9. The smallest absolute Gasteiger partial charge is 0.0916 e. The summed E-state index contributed by atoms with van der Waals surface area (Å²) in [7, 11) is -3.92. The average Bonchev–Trinajstić information content (AvgIpc) is 2.17. The lowest BCUT2D eigenvalue weighted by atomic mass is 9.94. The average molecular weight is 251 g/mol. The fraction of sp³-hybridized carbons (Fsp3) is 1.00. The normalized spacial score (nSPS) is 25.8. The molecule has 0 atom stereocenters. The van der Waals surface area contributed by atoms with Gasteiger partial charge in [0.1, 0.15) is 0 Å². The van der Waals surface area contributed by atoms with E-state index in [0.717, 1.165) is 5.92 Å². The molecule has 4 nitrogen and oxygen atoms in total. The van der Waals surface area contributed by atoms with Crippen LogP contribution in [-0.4, -0.2) is 38.9 Å². The van der Waals surface area contributed by atoms with Gasteiger partial charge >= 0.3 is 0 Å². The van der Waals surface area contributed by atoms with Crippen LogP contribution in [0.15, 0.2) is 0 Å². The zero-order valence-corrected chi connectivity index (χ0v) is 11.5. The van der Waals surface area contributed by atoms with Crippen LogP contribution in [0.2, 0.25) is 0 Å². The predicted molar refractivity (Wildman–Crippen MR) is 64.5 cm³/mol. The van der Waals surface area contributed by atoms with Crippen LogP contribution in [0.1, 0.15) is 39.5 Å². The number of hydrogen-bond donors (Lipinski definition) is 1. The van der Waals surface area contributed by atoms with Crippen LogP contribution in [0.5, 0.6) is 0 Å². The van der Waals surface area contributed by atoms with Gasteiger partial charge in [-0.05, 0) is 25.2 Å². The van der Waals surface area contributed by atoms with Gasteiger partial charge < -0.3 is 9.45 Å². The summed E-state index contributed by atoms with van der Waals surface area (Å²) in [6.45, 7) is 8.89. The molecular weight excluding hydrogens is 226 g/mol. The molecule has 0 aromatic rings. The summed E-state index contributed by atoms with van der Waals surface area (Å²) >= 11 is 0. The lowest BCUT2D eigenvalue weighted by molar-refractivity contribution is -0.906. The van der Waals surface area contributed by atoms with Crippen molar-refractivity contribution in [2.24, 2.45) is 5.92 Å². The Balaban J connectivity index is 0.000000385. The molecule has 5 heteroatoms. The Morgan fingerprint density at radius 2 is 1.69 bits per heavy atom. The quantitative estimate of drug-likeness (QED) is 0.732. The van der Waals surface area contributed by atoms with Crippen LogP contribution in [0.3, 0.4) is 0 Å². The standard InChI is InChI=1S/C10H21N.CH4O3S/c1-3-7-11-8-5-10(4-2)6-9-11;1-5(2,3)4/h10H,3-9H2,1-2H3;1H3,(H,2,3,4). The Bertz CT molecular complexity index is 248. The molecule has 16 heavy (non-hydrogen) atoms. The summed E-state index contributed by atoms with van der Waals surface area (Å²) < 4.78 is 27.2. The molecule has 0 bridgehead atoms. The molecular formula is C11H25NO3S. The minimum absolute atomic E-state index is 0.604. The van der Waals surface area contributed by atoms with Crippen LogP contribution in [0.25, 0.3) is 0 Å². The van der Waals surface area contributed by atoms with Crippen LogP contribution < -0.4 is 4.90 Å². The topological polar surface area (TPSA) is 61.6 Å². The van der Waals surface area contributed by atoms with Gasteiger partial charge in [-0.25, -0.2) is 8.42 Å². The number of hydrogen-bond acceptors (Lipinski definition) is 3. The second-order valence-corrected chi connectivity index (χ2v) is 5.96. The molecule has 1 N–H and O–H groups in total.